The summed E-state index contributed by atoms with van der Waals surface area (Å²) in [6.07, 6.45) is 1.13. The highest BCUT2D eigenvalue weighted by molar-refractivity contribution is 5.43. The Morgan fingerprint density at radius 2 is 2.36 bits per heavy atom. The molecule has 2 unspecified atom stereocenters. The summed E-state index contributed by atoms with van der Waals surface area (Å²) in [5, 5.41) is 9.32. The zero-order chi connectivity index (χ0) is 10.1. The molecule has 3 heteroatoms. The molecule has 1 aliphatic rings. The van der Waals surface area contributed by atoms with Crippen LogP contribution in [-0.2, 0) is 0 Å². The molecule has 2 atom stereocenters. The quantitative estimate of drug-likeness (QED) is 0.712. The summed E-state index contributed by atoms with van der Waals surface area (Å²) in [6.45, 7) is 2.65. The standard InChI is InChI=1S/C11H15NO2/c1-7-4-8(6-12)10-3-2-9(13)5-11(10)14-7/h2-3,5,7-8,13H,4,6,12H2,1H3. The number of benzene rings is 1. The van der Waals surface area contributed by atoms with Gasteiger partial charge in [0.05, 0.1) is 6.10 Å². The molecule has 2 rings (SSSR count). The van der Waals surface area contributed by atoms with Gasteiger partial charge in [0, 0.05) is 12.0 Å². The first-order valence-corrected chi connectivity index (χ1v) is 4.90. The maximum Gasteiger partial charge on any atom is 0.126 e. The van der Waals surface area contributed by atoms with Crippen molar-refractivity contribution >= 4 is 0 Å². The second-order valence-electron chi connectivity index (χ2n) is 3.82. The van der Waals surface area contributed by atoms with Crippen molar-refractivity contribution in [1.29, 1.82) is 0 Å². The first-order valence-electron chi connectivity index (χ1n) is 4.90. The molecule has 3 N–H and O–H groups in total. The molecule has 0 saturated carbocycles. The number of hydrogen-bond acceptors (Lipinski definition) is 3. The SMILES string of the molecule is CC1CC(CN)c2ccc(O)cc2O1. The van der Waals surface area contributed by atoms with Gasteiger partial charge >= 0.3 is 0 Å². The second-order valence-corrected chi connectivity index (χ2v) is 3.82. The van der Waals surface area contributed by atoms with Gasteiger partial charge in [0.1, 0.15) is 11.5 Å². The number of phenols is 1. The topological polar surface area (TPSA) is 55.5 Å². The van der Waals surface area contributed by atoms with Crippen LogP contribution in [0.2, 0.25) is 0 Å². The molecule has 1 aliphatic heterocycles. The Bertz CT molecular complexity index is 338. The molecule has 3 nitrogen and oxygen atoms in total. The fourth-order valence-electron chi connectivity index (χ4n) is 1.98. The van der Waals surface area contributed by atoms with Crippen LogP contribution in [0, 0.1) is 0 Å². The molecule has 1 aromatic carbocycles. The summed E-state index contributed by atoms with van der Waals surface area (Å²) >= 11 is 0. The fraction of sp³-hybridized carbons (Fsp3) is 0.455. The Balaban J connectivity index is 2.40. The van der Waals surface area contributed by atoms with Crippen molar-refractivity contribution in [1.82, 2.24) is 0 Å². The van der Waals surface area contributed by atoms with E-state index in [4.69, 9.17) is 10.5 Å². The molecule has 0 bridgehead atoms. The summed E-state index contributed by atoms with van der Waals surface area (Å²) in [7, 11) is 0. The van der Waals surface area contributed by atoms with E-state index in [1.54, 1.807) is 12.1 Å². The first kappa shape index (κ1) is 9.34. The summed E-state index contributed by atoms with van der Waals surface area (Å²) in [4.78, 5) is 0. The number of nitrogens with two attached hydrogens (primary N) is 1. The Hall–Kier alpha value is -1.22. The number of fused-ring (bicyclic) bond motifs is 1. The Kier molecular flexibility index (Phi) is 2.33. The minimum Gasteiger partial charge on any atom is -0.508 e. The number of hydrogen-bond donors (Lipinski definition) is 2. The Labute approximate surface area is 83.5 Å². The maximum absolute atomic E-state index is 9.32. The first-order chi connectivity index (χ1) is 6.70. The predicted octanol–water partition coefficient (Wildman–Crippen LogP) is 1.61. The van der Waals surface area contributed by atoms with Crippen LogP contribution in [0.4, 0.5) is 0 Å². The third kappa shape index (κ3) is 1.55. The van der Waals surface area contributed by atoms with Gasteiger partial charge in [-0.1, -0.05) is 6.07 Å². The molecule has 0 radical (unpaired) electrons. The van der Waals surface area contributed by atoms with Crippen molar-refractivity contribution in [3.8, 4) is 11.5 Å². The van der Waals surface area contributed by atoms with E-state index in [2.05, 4.69) is 0 Å². The largest absolute Gasteiger partial charge is 0.508 e. The van der Waals surface area contributed by atoms with E-state index >= 15 is 0 Å². The van der Waals surface area contributed by atoms with Gasteiger partial charge in [-0.15, -0.1) is 0 Å². The molecule has 1 aromatic rings. The van der Waals surface area contributed by atoms with Gasteiger partial charge in [0.15, 0.2) is 0 Å². The monoisotopic (exact) mass is 193 g/mol. The number of ether oxygens (including phenoxy) is 1. The molecule has 14 heavy (non-hydrogen) atoms. The van der Waals surface area contributed by atoms with Crippen molar-refractivity contribution in [2.75, 3.05) is 6.54 Å². The predicted molar refractivity (Wildman–Crippen MR) is 54.6 cm³/mol. The highest BCUT2D eigenvalue weighted by atomic mass is 16.5. The van der Waals surface area contributed by atoms with Gasteiger partial charge in [0.25, 0.3) is 0 Å². The fourth-order valence-corrected chi connectivity index (χ4v) is 1.98. The van der Waals surface area contributed by atoms with Gasteiger partial charge in [-0.05, 0) is 31.5 Å². The number of rotatable bonds is 1. The third-order valence-corrected chi connectivity index (χ3v) is 2.67. The summed E-state index contributed by atoms with van der Waals surface area (Å²) < 4.78 is 5.63. The summed E-state index contributed by atoms with van der Waals surface area (Å²) in [5.74, 6) is 1.38. The van der Waals surface area contributed by atoms with Crippen LogP contribution in [0.3, 0.4) is 0 Å². The van der Waals surface area contributed by atoms with Gasteiger partial charge in [-0.25, -0.2) is 0 Å². The van der Waals surface area contributed by atoms with Crippen LogP contribution in [0.25, 0.3) is 0 Å². The van der Waals surface area contributed by atoms with Gasteiger partial charge in [0.2, 0.25) is 0 Å². The van der Waals surface area contributed by atoms with E-state index in [-0.39, 0.29) is 11.9 Å². The summed E-state index contributed by atoms with van der Waals surface area (Å²) in [6, 6.07) is 5.24. The number of aromatic hydroxyl groups is 1. The van der Waals surface area contributed by atoms with E-state index in [1.807, 2.05) is 13.0 Å². The zero-order valence-corrected chi connectivity index (χ0v) is 8.23. The van der Waals surface area contributed by atoms with Crippen molar-refractivity contribution in [2.45, 2.75) is 25.4 Å². The molecule has 0 fully saturated rings. The van der Waals surface area contributed by atoms with E-state index in [1.165, 1.54) is 0 Å². The smallest absolute Gasteiger partial charge is 0.126 e. The maximum atomic E-state index is 9.32. The lowest BCUT2D eigenvalue weighted by atomic mass is 9.90. The lowest BCUT2D eigenvalue weighted by molar-refractivity contribution is 0.176. The molecular weight excluding hydrogens is 178 g/mol. The van der Waals surface area contributed by atoms with Crippen molar-refractivity contribution in [2.24, 2.45) is 5.73 Å². The van der Waals surface area contributed by atoms with E-state index in [9.17, 15) is 5.11 Å². The van der Waals surface area contributed by atoms with Crippen molar-refractivity contribution < 1.29 is 9.84 Å². The second kappa shape index (κ2) is 3.50. The molecule has 0 saturated heterocycles. The Morgan fingerprint density at radius 1 is 1.57 bits per heavy atom. The molecule has 0 spiro atoms. The van der Waals surface area contributed by atoms with Crippen LogP contribution < -0.4 is 10.5 Å². The van der Waals surface area contributed by atoms with Crippen LogP contribution in [-0.4, -0.2) is 17.8 Å². The highest BCUT2D eigenvalue weighted by Gasteiger charge is 2.24. The zero-order valence-electron chi connectivity index (χ0n) is 8.23. The normalized spacial score (nSPS) is 25.3. The minimum atomic E-state index is 0.179. The molecule has 0 aliphatic carbocycles. The molecule has 1 heterocycles. The number of phenolic OH excluding ortho intramolecular Hbond substituents is 1. The molecule has 0 aromatic heterocycles. The lowest BCUT2D eigenvalue weighted by Gasteiger charge is -2.29. The van der Waals surface area contributed by atoms with E-state index in [0.29, 0.717) is 12.5 Å². The van der Waals surface area contributed by atoms with Crippen LogP contribution in [0.15, 0.2) is 18.2 Å². The van der Waals surface area contributed by atoms with Crippen LogP contribution in [0.1, 0.15) is 24.8 Å². The molecule has 76 valence electrons. The van der Waals surface area contributed by atoms with Gasteiger partial charge in [-0.2, -0.15) is 0 Å². The van der Waals surface area contributed by atoms with Crippen molar-refractivity contribution in [3.05, 3.63) is 23.8 Å². The van der Waals surface area contributed by atoms with Gasteiger partial charge in [-0.3, -0.25) is 0 Å². The van der Waals surface area contributed by atoms with Crippen LogP contribution >= 0.6 is 0 Å². The summed E-state index contributed by atoms with van der Waals surface area (Å²) in [5.41, 5.74) is 6.81. The highest BCUT2D eigenvalue weighted by Crippen LogP contribution is 2.37. The van der Waals surface area contributed by atoms with Crippen molar-refractivity contribution in [3.63, 3.8) is 0 Å². The molecule has 0 amide bonds. The average molecular weight is 193 g/mol. The van der Waals surface area contributed by atoms with Gasteiger partial charge < -0.3 is 15.6 Å². The van der Waals surface area contributed by atoms with E-state index < -0.39 is 0 Å². The Morgan fingerprint density at radius 3 is 3.07 bits per heavy atom. The lowest BCUT2D eigenvalue weighted by Crippen LogP contribution is -2.26. The van der Waals surface area contributed by atoms with E-state index in [0.717, 1.165) is 17.7 Å². The van der Waals surface area contributed by atoms with Crippen LogP contribution in [0.5, 0.6) is 11.5 Å². The molecular formula is C11H15NO2. The third-order valence-electron chi connectivity index (χ3n) is 2.67. The average Bonchev–Trinajstić information content (AvgIpc) is 2.15. The minimum absolute atomic E-state index is 0.179.